The highest BCUT2D eigenvalue weighted by Gasteiger charge is 2.35. The maximum atomic E-state index is 11.8. The normalized spacial score (nSPS) is 12.0. The van der Waals surface area contributed by atoms with E-state index in [9.17, 15) is 13.2 Å². The van der Waals surface area contributed by atoms with Gasteiger partial charge in [0, 0.05) is 0 Å². The number of halogens is 4. The Kier molecular flexibility index (Phi) is 1.87. The molecule has 1 heterocycles. The molecule has 1 aromatic rings. The third-order valence-electron chi connectivity index (χ3n) is 0.781. The molecule has 0 N–H and O–H groups in total. The summed E-state index contributed by atoms with van der Waals surface area (Å²) in [5.74, 6) is 0. The zero-order valence-corrected chi connectivity index (χ0v) is 6.02. The molecule has 56 valence electrons. The van der Waals surface area contributed by atoms with E-state index >= 15 is 0 Å². The van der Waals surface area contributed by atoms with Gasteiger partial charge in [0.1, 0.15) is 4.88 Å². The molecule has 0 aliphatic heterocycles. The molecule has 0 saturated heterocycles. The number of hydrogen-bond donors (Lipinski definition) is 0. The highest BCUT2D eigenvalue weighted by molar-refractivity contribution is 7.10. The topological polar surface area (TPSA) is 12.9 Å². The van der Waals surface area contributed by atoms with Crippen molar-refractivity contribution in [2.75, 3.05) is 0 Å². The summed E-state index contributed by atoms with van der Waals surface area (Å²) in [4.78, 5) is 2.41. The Bertz CT molecular complexity index is 231. The van der Waals surface area contributed by atoms with Crippen LogP contribution in [0.4, 0.5) is 13.2 Å². The van der Waals surface area contributed by atoms with E-state index in [0.29, 0.717) is 11.3 Å². The van der Waals surface area contributed by atoms with E-state index in [4.69, 9.17) is 11.6 Å². The zero-order chi connectivity index (χ0) is 7.78. The van der Waals surface area contributed by atoms with Crippen LogP contribution in [-0.2, 0) is 6.18 Å². The molecule has 0 aliphatic carbocycles. The highest BCUT2D eigenvalue weighted by Crippen LogP contribution is 2.36. The van der Waals surface area contributed by atoms with Crippen molar-refractivity contribution in [3.05, 3.63) is 15.5 Å². The molecule has 0 amide bonds. The quantitative estimate of drug-likeness (QED) is 0.609. The molecule has 0 spiro atoms. The van der Waals surface area contributed by atoms with Crippen LogP contribution in [0.2, 0.25) is 5.15 Å². The highest BCUT2D eigenvalue weighted by atomic mass is 35.5. The number of thiazole rings is 1. The van der Waals surface area contributed by atoms with Crippen molar-refractivity contribution in [2.45, 2.75) is 6.18 Å². The molecular formula is C4HClF3NS. The average molecular weight is 188 g/mol. The predicted octanol–water partition coefficient (Wildman–Crippen LogP) is 2.82. The van der Waals surface area contributed by atoms with Gasteiger partial charge in [-0.2, -0.15) is 13.2 Å². The molecular weight excluding hydrogens is 187 g/mol. The lowest BCUT2D eigenvalue weighted by molar-refractivity contribution is -0.134. The summed E-state index contributed by atoms with van der Waals surface area (Å²) in [5.41, 5.74) is 1.06. The van der Waals surface area contributed by atoms with Gasteiger partial charge >= 0.3 is 6.18 Å². The lowest BCUT2D eigenvalue weighted by atomic mass is 10.5. The van der Waals surface area contributed by atoms with Gasteiger partial charge in [0.05, 0.1) is 5.51 Å². The molecule has 0 fully saturated rings. The SMILES string of the molecule is FC(F)(F)c1scnc1Cl. The zero-order valence-electron chi connectivity index (χ0n) is 4.44. The fourth-order valence-electron chi connectivity index (χ4n) is 0.416. The van der Waals surface area contributed by atoms with Crippen LogP contribution in [0.5, 0.6) is 0 Å². The van der Waals surface area contributed by atoms with Gasteiger partial charge in [-0.1, -0.05) is 11.6 Å². The second-order valence-electron chi connectivity index (χ2n) is 1.47. The summed E-state index contributed by atoms with van der Waals surface area (Å²) in [5, 5.41) is -0.475. The molecule has 0 aromatic carbocycles. The predicted molar refractivity (Wildman–Crippen MR) is 32.1 cm³/mol. The molecule has 1 nitrogen and oxygen atoms in total. The van der Waals surface area contributed by atoms with Crippen LogP contribution in [-0.4, -0.2) is 4.98 Å². The second-order valence-corrected chi connectivity index (χ2v) is 2.68. The Balaban J connectivity index is 3.05. The first kappa shape index (κ1) is 7.81. The summed E-state index contributed by atoms with van der Waals surface area (Å²) in [6.07, 6.45) is -4.36. The minimum Gasteiger partial charge on any atom is -0.232 e. The van der Waals surface area contributed by atoms with Crippen LogP contribution in [0.3, 0.4) is 0 Å². The Morgan fingerprint density at radius 3 is 2.30 bits per heavy atom. The number of nitrogens with zero attached hydrogens (tertiary/aromatic N) is 1. The number of alkyl halides is 3. The Morgan fingerprint density at radius 1 is 1.50 bits per heavy atom. The molecule has 10 heavy (non-hydrogen) atoms. The molecule has 0 aliphatic rings. The van der Waals surface area contributed by atoms with Gasteiger partial charge in [0.25, 0.3) is 0 Å². The van der Waals surface area contributed by atoms with E-state index in [1.165, 1.54) is 0 Å². The first-order chi connectivity index (χ1) is 4.52. The smallest absolute Gasteiger partial charge is 0.232 e. The third kappa shape index (κ3) is 1.41. The fourth-order valence-corrected chi connectivity index (χ4v) is 1.31. The van der Waals surface area contributed by atoms with E-state index in [1.54, 1.807) is 0 Å². The van der Waals surface area contributed by atoms with Crippen molar-refractivity contribution in [2.24, 2.45) is 0 Å². The van der Waals surface area contributed by atoms with Crippen molar-refractivity contribution in [3.63, 3.8) is 0 Å². The number of rotatable bonds is 0. The third-order valence-corrected chi connectivity index (χ3v) is 2.05. The summed E-state index contributed by atoms with van der Waals surface area (Å²) in [7, 11) is 0. The Hall–Kier alpha value is -0.290. The van der Waals surface area contributed by atoms with Gasteiger partial charge in [-0.15, -0.1) is 11.3 Å². The van der Waals surface area contributed by atoms with Crippen molar-refractivity contribution in [1.82, 2.24) is 4.98 Å². The Morgan fingerprint density at radius 2 is 2.10 bits per heavy atom. The van der Waals surface area contributed by atoms with E-state index < -0.39 is 16.2 Å². The summed E-state index contributed by atoms with van der Waals surface area (Å²) >= 11 is 5.59. The van der Waals surface area contributed by atoms with E-state index in [-0.39, 0.29) is 0 Å². The Labute approximate surface area is 63.5 Å². The van der Waals surface area contributed by atoms with Gasteiger partial charge in [-0.3, -0.25) is 0 Å². The average Bonchev–Trinajstić information content (AvgIpc) is 2.11. The molecule has 0 bridgehead atoms. The molecule has 0 radical (unpaired) electrons. The first-order valence-corrected chi connectivity index (χ1v) is 3.44. The molecule has 0 saturated carbocycles. The fraction of sp³-hybridized carbons (Fsp3) is 0.250. The van der Waals surface area contributed by atoms with Crippen molar-refractivity contribution in [1.29, 1.82) is 0 Å². The molecule has 0 atom stereocenters. The van der Waals surface area contributed by atoms with Crippen LogP contribution < -0.4 is 0 Å². The van der Waals surface area contributed by atoms with Crippen LogP contribution >= 0.6 is 22.9 Å². The molecule has 0 unspecified atom stereocenters. The van der Waals surface area contributed by atoms with Crippen LogP contribution in [0.1, 0.15) is 4.88 Å². The molecule has 1 rings (SSSR count). The molecule has 6 heteroatoms. The van der Waals surface area contributed by atoms with E-state index in [0.717, 1.165) is 5.51 Å². The number of hydrogen-bond acceptors (Lipinski definition) is 2. The summed E-state index contributed by atoms with van der Waals surface area (Å²) in [6, 6.07) is 0. The largest absolute Gasteiger partial charge is 0.428 e. The monoisotopic (exact) mass is 187 g/mol. The van der Waals surface area contributed by atoms with Gasteiger partial charge in [0.2, 0.25) is 0 Å². The first-order valence-electron chi connectivity index (χ1n) is 2.18. The van der Waals surface area contributed by atoms with Gasteiger partial charge in [0.15, 0.2) is 5.15 Å². The molecule has 1 aromatic heterocycles. The lowest BCUT2D eigenvalue weighted by Crippen LogP contribution is -2.01. The maximum absolute atomic E-state index is 11.8. The van der Waals surface area contributed by atoms with Crippen LogP contribution in [0, 0.1) is 0 Å². The minimum absolute atomic E-state index is 0.475. The van der Waals surface area contributed by atoms with E-state index in [1.807, 2.05) is 0 Å². The minimum atomic E-state index is -4.36. The summed E-state index contributed by atoms with van der Waals surface area (Å²) < 4.78 is 35.3. The maximum Gasteiger partial charge on any atom is 0.428 e. The standard InChI is InChI=1S/C4HClF3NS/c5-3-2(4(6,7)8)10-1-9-3/h1H. The number of aromatic nitrogens is 1. The van der Waals surface area contributed by atoms with Crippen molar-refractivity contribution in [3.8, 4) is 0 Å². The van der Waals surface area contributed by atoms with Gasteiger partial charge in [-0.05, 0) is 0 Å². The van der Waals surface area contributed by atoms with Crippen LogP contribution in [0.25, 0.3) is 0 Å². The van der Waals surface area contributed by atoms with Crippen molar-refractivity contribution >= 4 is 22.9 Å². The van der Waals surface area contributed by atoms with Gasteiger partial charge < -0.3 is 0 Å². The van der Waals surface area contributed by atoms with Crippen molar-refractivity contribution < 1.29 is 13.2 Å². The van der Waals surface area contributed by atoms with Crippen LogP contribution in [0.15, 0.2) is 5.51 Å². The summed E-state index contributed by atoms with van der Waals surface area (Å²) in [6.45, 7) is 0. The lowest BCUT2D eigenvalue weighted by Gasteiger charge is -2.00. The van der Waals surface area contributed by atoms with Gasteiger partial charge in [-0.25, -0.2) is 4.98 Å². The second kappa shape index (κ2) is 2.39. The van der Waals surface area contributed by atoms with E-state index in [2.05, 4.69) is 4.98 Å².